The lowest BCUT2D eigenvalue weighted by atomic mass is 10.1. The van der Waals surface area contributed by atoms with E-state index < -0.39 is 11.7 Å². The molecule has 0 aromatic heterocycles. The van der Waals surface area contributed by atoms with E-state index >= 15 is 0 Å². The molecule has 0 bridgehead atoms. The highest BCUT2D eigenvalue weighted by atomic mass is 79.9. The summed E-state index contributed by atoms with van der Waals surface area (Å²) in [6, 6.07) is 10.5. The van der Waals surface area contributed by atoms with Crippen LogP contribution in [0.25, 0.3) is 0 Å². The van der Waals surface area contributed by atoms with Gasteiger partial charge in [0, 0.05) is 16.6 Å². The fraction of sp³-hybridized carbons (Fsp3) is 0.0667. The quantitative estimate of drug-likeness (QED) is 0.889. The van der Waals surface area contributed by atoms with Gasteiger partial charge < -0.3 is 11.1 Å². The predicted molar refractivity (Wildman–Crippen MR) is 80.2 cm³/mol. The fourth-order valence-electron chi connectivity index (χ4n) is 1.79. The molecule has 0 fully saturated rings. The smallest absolute Gasteiger partial charge is 0.252 e. The molecule has 0 atom stereocenters. The summed E-state index contributed by atoms with van der Waals surface area (Å²) in [5, 5.41) is 2.70. The van der Waals surface area contributed by atoms with Gasteiger partial charge >= 0.3 is 0 Å². The van der Waals surface area contributed by atoms with Gasteiger partial charge in [-0.25, -0.2) is 4.39 Å². The zero-order chi connectivity index (χ0) is 15.4. The van der Waals surface area contributed by atoms with E-state index in [0.717, 1.165) is 5.56 Å². The van der Waals surface area contributed by atoms with Crippen molar-refractivity contribution in [2.45, 2.75) is 6.54 Å². The average Bonchev–Trinajstić information content (AvgIpc) is 2.45. The summed E-state index contributed by atoms with van der Waals surface area (Å²) < 4.78 is 13.4. The second kappa shape index (κ2) is 6.49. The Hall–Kier alpha value is -2.21. The number of rotatable bonds is 4. The fourth-order valence-corrected chi connectivity index (χ4v) is 2.32. The summed E-state index contributed by atoms with van der Waals surface area (Å²) in [6.45, 7) is 0.240. The molecular formula is C15H12BrFN2O2. The molecule has 0 spiro atoms. The molecule has 0 saturated carbocycles. The van der Waals surface area contributed by atoms with E-state index in [2.05, 4.69) is 21.2 Å². The topological polar surface area (TPSA) is 72.2 Å². The van der Waals surface area contributed by atoms with Crippen molar-refractivity contribution in [2.24, 2.45) is 5.73 Å². The van der Waals surface area contributed by atoms with Crippen molar-refractivity contribution in [3.63, 3.8) is 0 Å². The lowest BCUT2D eigenvalue weighted by Gasteiger charge is -2.08. The molecular weight excluding hydrogens is 339 g/mol. The van der Waals surface area contributed by atoms with Gasteiger partial charge in [-0.3, -0.25) is 9.59 Å². The number of benzene rings is 2. The molecule has 0 radical (unpaired) electrons. The number of carbonyl (C=O) groups excluding carboxylic acids is 2. The van der Waals surface area contributed by atoms with Crippen LogP contribution in [0.15, 0.2) is 46.9 Å². The van der Waals surface area contributed by atoms with E-state index in [4.69, 9.17) is 5.73 Å². The maximum Gasteiger partial charge on any atom is 0.252 e. The Balaban J connectivity index is 2.07. The van der Waals surface area contributed by atoms with Crippen molar-refractivity contribution in [3.05, 3.63) is 69.4 Å². The summed E-state index contributed by atoms with van der Waals surface area (Å²) in [4.78, 5) is 23.1. The lowest BCUT2D eigenvalue weighted by molar-refractivity contribution is 0.0949. The first-order chi connectivity index (χ1) is 9.97. The molecule has 4 nitrogen and oxygen atoms in total. The zero-order valence-electron chi connectivity index (χ0n) is 10.9. The van der Waals surface area contributed by atoms with E-state index in [9.17, 15) is 14.0 Å². The maximum atomic E-state index is 13.0. The third-order valence-electron chi connectivity index (χ3n) is 2.84. The lowest BCUT2D eigenvalue weighted by Crippen LogP contribution is -2.23. The molecule has 0 saturated heterocycles. The van der Waals surface area contributed by atoms with Crippen LogP contribution in [0.5, 0.6) is 0 Å². The first kappa shape index (κ1) is 15.2. The molecule has 0 heterocycles. The number of hydrogen-bond donors (Lipinski definition) is 2. The van der Waals surface area contributed by atoms with Crippen LogP contribution in [0.2, 0.25) is 0 Å². The van der Waals surface area contributed by atoms with Gasteiger partial charge in [0.2, 0.25) is 5.91 Å². The van der Waals surface area contributed by atoms with Crippen LogP contribution in [0.1, 0.15) is 26.3 Å². The summed E-state index contributed by atoms with van der Waals surface area (Å²) in [5.74, 6) is -1.29. The van der Waals surface area contributed by atoms with Crippen LogP contribution in [0.3, 0.4) is 0 Å². The van der Waals surface area contributed by atoms with Gasteiger partial charge in [0.05, 0.1) is 5.56 Å². The largest absolute Gasteiger partial charge is 0.366 e. The first-order valence-corrected chi connectivity index (χ1v) is 6.88. The van der Waals surface area contributed by atoms with Gasteiger partial charge in [-0.05, 0) is 51.8 Å². The van der Waals surface area contributed by atoms with Crippen molar-refractivity contribution in [2.75, 3.05) is 0 Å². The van der Waals surface area contributed by atoms with Crippen molar-refractivity contribution in [3.8, 4) is 0 Å². The number of amides is 2. The van der Waals surface area contributed by atoms with Crippen LogP contribution in [-0.2, 0) is 6.54 Å². The highest BCUT2D eigenvalue weighted by Gasteiger charge is 2.10. The molecule has 0 aliphatic carbocycles. The van der Waals surface area contributed by atoms with E-state index in [-0.39, 0.29) is 12.5 Å². The van der Waals surface area contributed by atoms with Gasteiger partial charge in [0.15, 0.2) is 0 Å². The SMILES string of the molecule is NC(=O)c1cccc(CNC(=O)c2ccc(F)cc2Br)c1. The molecule has 2 aromatic carbocycles. The summed E-state index contributed by atoms with van der Waals surface area (Å²) in [7, 11) is 0. The van der Waals surface area contributed by atoms with E-state index in [0.29, 0.717) is 15.6 Å². The molecule has 6 heteroatoms. The van der Waals surface area contributed by atoms with Gasteiger partial charge in [-0.15, -0.1) is 0 Å². The predicted octanol–water partition coefficient (Wildman–Crippen LogP) is 2.62. The molecule has 21 heavy (non-hydrogen) atoms. The Kier molecular flexibility index (Phi) is 4.70. The van der Waals surface area contributed by atoms with Crippen molar-refractivity contribution in [1.82, 2.24) is 5.32 Å². The van der Waals surface area contributed by atoms with E-state index in [1.807, 2.05) is 0 Å². The number of halogens is 2. The Labute approximate surface area is 129 Å². The van der Waals surface area contributed by atoms with E-state index in [1.54, 1.807) is 24.3 Å². The van der Waals surface area contributed by atoms with Crippen molar-refractivity contribution in [1.29, 1.82) is 0 Å². The standard InChI is InChI=1S/C15H12BrFN2O2/c16-13-7-11(17)4-5-12(13)15(21)19-8-9-2-1-3-10(6-9)14(18)20/h1-7H,8H2,(H2,18,20)(H,19,21). The van der Waals surface area contributed by atoms with Crippen LogP contribution >= 0.6 is 15.9 Å². The Morgan fingerprint density at radius 1 is 1.19 bits per heavy atom. The first-order valence-electron chi connectivity index (χ1n) is 6.09. The monoisotopic (exact) mass is 350 g/mol. The second-order valence-corrected chi connectivity index (χ2v) is 5.23. The maximum absolute atomic E-state index is 13.0. The molecule has 2 amide bonds. The molecule has 108 valence electrons. The van der Waals surface area contributed by atoms with Crippen LogP contribution < -0.4 is 11.1 Å². The highest BCUT2D eigenvalue weighted by Crippen LogP contribution is 2.18. The van der Waals surface area contributed by atoms with Crippen molar-refractivity contribution < 1.29 is 14.0 Å². The van der Waals surface area contributed by atoms with Gasteiger partial charge in [-0.1, -0.05) is 12.1 Å². The van der Waals surface area contributed by atoms with Gasteiger partial charge in [0.25, 0.3) is 5.91 Å². The van der Waals surface area contributed by atoms with Gasteiger partial charge in [0.1, 0.15) is 5.82 Å². The number of primary amides is 1. The van der Waals surface area contributed by atoms with Crippen LogP contribution in [0, 0.1) is 5.82 Å². The third-order valence-corrected chi connectivity index (χ3v) is 3.50. The molecule has 0 aliphatic rings. The molecule has 2 rings (SSSR count). The van der Waals surface area contributed by atoms with Crippen LogP contribution in [0.4, 0.5) is 4.39 Å². The normalized spacial score (nSPS) is 10.2. The summed E-state index contributed by atoms with van der Waals surface area (Å²) in [6.07, 6.45) is 0. The Bertz CT molecular complexity index is 704. The van der Waals surface area contributed by atoms with Gasteiger partial charge in [-0.2, -0.15) is 0 Å². The minimum Gasteiger partial charge on any atom is -0.366 e. The summed E-state index contributed by atoms with van der Waals surface area (Å²) in [5.41, 5.74) is 6.66. The summed E-state index contributed by atoms with van der Waals surface area (Å²) >= 11 is 3.14. The number of nitrogens with two attached hydrogens (primary N) is 1. The van der Waals surface area contributed by atoms with Crippen LogP contribution in [-0.4, -0.2) is 11.8 Å². The minimum atomic E-state index is -0.524. The average molecular weight is 351 g/mol. The van der Waals surface area contributed by atoms with Crippen molar-refractivity contribution >= 4 is 27.7 Å². The molecule has 0 aliphatic heterocycles. The second-order valence-electron chi connectivity index (χ2n) is 4.37. The van der Waals surface area contributed by atoms with E-state index in [1.165, 1.54) is 18.2 Å². The number of nitrogens with one attached hydrogen (secondary N) is 1. The molecule has 0 unspecified atom stereocenters. The number of hydrogen-bond acceptors (Lipinski definition) is 2. The highest BCUT2D eigenvalue weighted by molar-refractivity contribution is 9.10. The Morgan fingerprint density at radius 3 is 2.62 bits per heavy atom. The number of carbonyl (C=O) groups is 2. The Morgan fingerprint density at radius 2 is 1.95 bits per heavy atom. The minimum absolute atomic E-state index is 0.240. The molecule has 3 N–H and O–H groups in total. The zero-order valence-corrected chi connectivity index (χ0v) is 12.5. The molecule has 2 aromatic rings. The third kappa shape index (κ3) is 3.88.